The molecule has 0 radical (unpaired) electrons. The molecule has 0 heterocycles. The van der Waals surface area contributed by atoms with Crippen LogP contribution in [-0.2, 0) is 0 Å². The topological polar surface area (TPSA) is 37.3 Å². The van der Waals surface area contributed by atoms with Gasteiger partial charge in [0.15, 0.2) is 0 Å². The van der Waals surface area contributed by atoms with Gasteiger partial charge in [0.2, 0.25) is 5.12 Å². The summed E-state index contributed by atoms with van der Waals surface area (Å²) in [7, 11) is 0. The molecule has 0 bridgehead atoms. The van der Waals surface area contributed by atoms with E-state index in [4.69, 9.17) is 0 Å². The molecule has 3 heteroatoms. The first-order chi connectivity index (χ1) is 14.2. The van der Waals surface area contributed by atoms with Gasteiger partial charge in [0.25, 0.3) is 0 Å². The van der Waals surface area contributed by atoms with Gasteiger partial charge in [-0.15, -0.1) is 0 Å². The van der Waals surface area contributed by atoms with Gasteiger partial charge in [-0.05, 0) is 85.8 Å². The Morgan fingerprint density at radius 1 is 0.900 bits per heavy atom. The average molecular weight is 427 g/mol. The summed E-state index contributed by atoms with van der Waals surface area (Å²) in [6.45, 7) is 12.8. The summed E-state index contributed by atoms with van der Waals surface area (Å²) in [6, 6.07) is 6.78. The second-order valence-electron chi connectivity index (χ2n) is 8.40. The highest BCUT2D eigenvalue weighted by Crippen LogP contribution is 2.28. The Kier molecular flexibility index (Phi) is 12.2. The lowest BCUT2D eigenvalue weighted by Crippen LogP contribution is -2.05. The molecule has 0 amide bonds. The van der Waals surface area contributed by atoms with E-state index in [1.165, 1.54) is 34.1 Å². The number of hydrogen-bond donors (Lipinski definition) is 1. The van der Waals surface area contributed by atoms with Crippen molar-refractivity contribution in [1.29, 1.82) is 0 Å². The first-order valence-corrected chi connectivity index (χ1v) is 11.7. The zero-order chi connectivity index (χ0) is 22.5. The minimum absolute atomic E-state index is 0.0476. The number of phenols is 1. The maximum atomic E-state index is 12.8. The molecule has 0 fully saturated rings. The standard InChI is InChI=1S/C27H38O2S/c1-20(2)11-9-13-22(5)17-18-24(19-23(6)14-10-12-21(3)4)30-27(29)25-15-7-8-16-26(25)28/h7-8,11-12,15-17,19,24,28H,9-10,13-14,18H2,1-6H3/b22-17+,23-19+. The van der Waals surface area contributed by atoms with Crippen LogP contribution in [-0.4, -0.2) is 15.5 Å². The van der Waals surface area contributed by atoms with Gasteiger partial charge >= 0.3 is 0 Å². The SMILES string of the molecule is CC(C)=CCC/C(C)=C/CC(/C=C(\C)CCC=C(C)C)SC(=O)c1ccccc1O. The Balaban J connectivity index is 2.89. The first kappa shape index (κ1) is 26.0. The maximum absolute atomic E-state index is 12.8. The van der Waals surface area contributed by atoms with E-state index in [-0.39, 0.29) is 16.1 Å². The van der Waals surface area contributed by atoms with Crippen LogP contribution in [0.3, 0.4) is 0 Å². The van der Waals surface area contributed by atoms with Crippen molar-refractivity contribution < 1.29 is 9.90 Å². The third-order valence-electron chi connectivity index (χ3n) is 4.73. The van der Waals surface area contributed by atoms with Gasteiger partial charge in [-0.1, -0.05) is 70.5 Å². The van der Waals surface area contributed by atoms with E-state index in [0.29, 0.717) is 5.56 Å². The highest BCUT2D eigenvalue weighted by molar-refractivity contribution is 8.14. The zero-order valence-electron chi connectivity index (χ0n) is 19.5. The van der Waals surface area contributed by atoms with Gasteiger partial charge in [-0.3, -0.25) is 4.79 Å². The van der Waals surface area contributed by atoms with Crippen molar-refractivity contribution in [3.63, 3.8) is 0 Å². The van der Waals surface area contributed by atoms with Crippen molar-refractivity contribution in [1.82, 2.24) is 0 Å². The van der Waals surface area contributed by atoms with Crippen LogP contribution in [0.5, 0.6) is 5.75 Å². The summed E-state index contributed by atoms with van der Waals surface area (Å²) >= 11 is 1.30. The predicted molar refractivity (Wildman–Crippen MR) is 133 cm³/mol. The second-order valence-corrected chi connectivity index (χ2v) is 9.61. The van der Waals surface area contributed by atoms with Crippen molar-refractivity contribution in [3.05, 3.63) is 76.4 Å². The molecule has 1 unspecified atom stereocenters. The number of hydrogen-bond acceptors (Lipinski definition) is 3. The second kappa shape index (κ2) is 14.1. The number of allylic oxidation sites excluding steroid dienone is 7. The molecule has 1 atom stereocenters. The van der Waals surface area contributed by atoms with Gasteiger partial charge in [-0.25, -0.2) is 0 Å². The first-order valence-electron chi connectivity index (χ1n) is 10.8. The molecule has 30 heavy (non-hydrogen) atoms. The van der Waals surface area contributed by atoms with E-state index in [1.54, 1.807) is 24.3 Å². The number of para-hydroxylation sites is 1. The van der Waals surface area contributed by atoms with Crippen LogP contribution in [0.4, 0.5) is 0 Å². The molecule has 1 aromatic rings. The smallest absolute Gasteiger partial charge is 0.223 e. The van der Waals surface area contributed by atoms with Crippen molar-refractivity contribution in [2.24, 2.45) is 0 Å². The molecule has 164 valence electrons. The number of carbonyl (C=O) groups is 1. The molecular weight excluding hydrogens is 388 g/mol. The minimum atomic E-state index is -0.0814. The van der Waals surface area contributed by atoms with E-state index in [2.05, 4.69) is 65.8 Å². The molecule has 0 aliphatic heterocycles. The summed E-state index contributed by atoms with van der Waals surface area (Å²) in [5.41, 5.74) is 5.71. The molecule has 1 rings (SSSR count). The molecule has 1 aromatic carbocycles. The highest BCUT2D eigenvalue weighted by atomic mass is 32.2. The summed E-state index contributed by atoms with van der Waals surface area (Å²) in [5, 5.41) is 10.0. The number of phenolic OH excluding ortho intramolecular Hbond substituents is 1. The van der Waals surface area contributed by atoms with Crippen molar-refractivity contribution in [2.75, 3.05) is 0 Å². The Labute approximate surface area is 187 Å². The van der Waals surface area contributed by atoms with Crippen LogP contribution in [0.15, 0.2) is 70.9 Å². The fraction of sp³-hybridized carbons (Fsp3) is 0.444. The number of thioether (sulfide) groups is 1. The predicted octanol–water partition coefficient (Wildman–Crippen LogP) is 8.41. The van der Waals surface area contributed by atoms with Gasteiger partial charge in [0.1, 0.15) is 5.75 Å². The quantitative estimate of drug-likeness (QED) is 0.361. The lowest BCUT2D eigenvalue weighted by Gasteiger charge is -2.13. The summed E-state index contributed by atoms with van der Waals surface area (Å²) in [5.74, 6) is 0.0476. The molecule has 0 aromatic heterocycles. The fourth-order valence-electron chi connectivity index (χ4n) is 2.99. The number of rotatable bonds is 11. The number of benzene rings is 1. The minimum Gasteiger partial charge on any atom is -0.507 e. The van der Waals surface area contributed by atoms with Gasteiger partial charge < -0.3 is 5.11 Å². The normalized spacial score (nSPS) is 13.0. The van der Waals surface area contributed by atoms with Gasteiger partial charge in [0.05, 0.1) is 5.56 Å². The lowest BCUT2D eigenvalue weighted by molar-refractivity contribution is 0.108. The lowest BCUT2D eigenvalue weighted by atomic mass is 10.1. The summed E-state index contributed by atoms with van der Waals surface area (Å²) in [4.78, 5) is 12.8. The zero-order valence-corrected chi connectivity index (χ0v) is 20.3. The Hall–Kier alpha value is -2.00. The summed E-state index contributed by atoms with van der Waals surface area (Å²) in [6.07, 6.45) is 13.9. The van der Waals surface area contributed by atoms with E-state index < -0.39 is 0 Å². The molecule has 1 N–H and O–H groups in total. The third kappa shape index (κ3) is 11.3. The van der Waals surface area contributed by atoms with E-state index in [1.807, 2.05) is 0 Å². The van der Waals surface area contributed by atoms with Crippen molar-refractivity contribution in [3.8, 4) is 5.75 Å². The Morgan fingerprint density at radius 2 is 1.47 bits per heavy atom. The van der Waals surface area contributed by atoms with Crippen LogP contribution in [0, 0.1) is 0 Å². The van der Waals surface area contributed by atoms with Crippen LogP contribution < -0.4 is 0 Å². The molecule has 2 nitrogen and oxygen atoms in total. The Morgan fingerprint density at radius 3 is 2.03 bits per heavy atom. The van der Waals surface area contributed by atoms with E-state index in [9.17, 15) is 9.90 Å². The monoisotopic (exact) mass is 426 g/mol. The van der Waals surface area contributed by atoms with Gasteiger partial charge in [-0.2, -0.15) is 0 Å². The summed E-state index contributed by atoms with van der Waals surface area (Å²) < 4.78 is 0. The van der Waals surface area contributed by atoms with Gasteiger partial charge in [0, 0.05) is 5.25 Å². The molecule has 0 aliphatic rings. The molecule has 0 spiro atoms. The third-order valence-corrected chi connectivity index (χ3v) is 5.80. The van der Waals surface area contributed by atoms with Crippen molar-refractivity contribution >= 4 is 16.9 Å². The number of aromatic hydroxyl groups is 1. The maximum Gasteiger partial charge on any atom is 0.223 e. The number of carbonyl (C=O) groups excluding carboxylic acids is 1. The van der Waals surface area contributed by atoms with Crippen molar-refractivity contribution in [2.45, 2.75) is 78.9 Å². The van der Waals surface area contributed by atoms with Crippen LogP contribution in [0.2, 0.25) is 0 Å². The molecule has 0 aliphatic carbocycles. The molecule has 0 saturated carbocycles. The Bertz CT molecular complexity index is 804. The van der Waals surface area contributed by atoms with E-state index >= 15 is 0 Å². The van der Waals surface area contributed by atoms with Crippen LogP contribution in [0.25, 0.3) is 0 Å². The van der Waals surface area contributed by atoms with E-state index in [0.717, 1.165) is 32.1 Å². The van der Waals surface area contributed by atoms with Crippen LogP contribution in [0.1, 0.15) is 84.0 Å². The molecular formula is C27H38O2S. The largest absolute Gasteiger partial charge is 0.507 e. The average Bonchev–Trinajstić information content (AvgIpc) is 2.65. The highest BCUT2D eigenvalue weighted by Gasteiger charge is 2.16. The fourth-order valence-corrected chi connectivity index (χ4v) is 4.06. The molecule has 0 saturated heterocycles. The van der Waals surface area contributed by atoms with Crippen LogP contribution >= 0.6 is 11.8 Å².